The summed E-state index contributed by atoms with van der Waals surface area (Å²) in [6.45, 7) is 4.83. The summed E-state index contributed by atoms with van der Waals surface area (Å²) in [5.41, 5.74) is -0.986. The number of hydrogen-bond donors (Lipinski definition) is 2. The van der Waals surface area contributed by atoms with Crippen molar-refractivity contribution in [1.29, 1.82) is 0 Å². The monoisotopic (exact) mass is 333 g/mol. The molecule has 1 atom stereocenters. The maximum absolute atomic E-state index is 13.5. The summed E-state index contributed by atoms with van der Waals surface area (Å²) in [6, 6.07) is -0.295. The standard InChI is InChI=1S/C15H18F3NO4/c1-15(2,3)23-14(22)19-12(13(20)21)5-4-8-6-10(17)11(18)7-9(8)16/h6-7,12H,4-5H2,1-3H3,(H,19,22)(H,20,21). The number of aliphatic carboxylic acids is 1. The Labute approximate surface area is 131 Å². The number of alkyl carbamates (subject to hydrolysis) is 1. The number of carboxylic acid groups (broad SMARTS) is 1. The first-order valence-electron chi connectivity index (χ1n) is 6.85. The number of carbonyl (C=O) groups is 2. The van der Waals surface area contributed by atoms with Gasteiger partial charge in [-0.1, -0.05) is 0 Å². The number of carbonyl (C=O) groups excluding carboxylic acids is 1. The van der Waals surface area contributed by atoms with Gasteiger partial charge >= 0.3 is 12.1 Å². The average Bonchev–Trinajstić information content (AvgIpc) is 2.37. The fourth-order valence-corrected chi connectivity index (χ4v) is 1.76. The quantitative estimate of drug-likeness (QED) is 0.812. The number of rotatable bonds is 5. The molecule has 128 valence electrons. The van der Waals surface area contributed by atoms with E-state index in [1.807, 2.05) is 0 Å². The Hall–Kier alpha value is -2.25. The van der Waals surface area contributed by atoms with Gasteiger partial charge in [0.2, 0.25) is 0 Å². The molecule has 0 aliphatic carbocycles. The summed E-state index contributed by atoms with van der Waals surface area (Å²) in [6.07, 6.45) is -1.34. The molecule has 0 bridgehead atoms. The normalized spacial score (nSPS) is 12.6. The molecule has 0 fully saturated rings. The summed E-state index contributed by atoms with van der Waals surface area (Å²) in [4.78, 5) is 22.7. The maximum Gasteiger partial charge on any atom is 0.408 e. The van der Waals surface area contributed by atoms with Crippen LogP contribution in [0.1, 0.15) is 32.8 Å². The molecule has 0 aromatic heterocycles. The van der Waals surface area contributed by atoms with Crippen molar-refractivity contribution < 1.29 is 32.6 Å². The number of halogens is 3. The van der Waals surface area contributed by atoms with Crippen molar-refractivity contribution in [3.8, 4) is 0 Å². The first-order chi connectivity index (χ1) is 10.5. The maximum atomic E-state index is 13.5. The Morgan fingerprint density at radius 3 is 2.26 bits per heavy atom. The average molecular weight is 333 g/mol. The number of benzene rings is 1. The molecular formula is C15H18F3NO4. The van der Waals surface area contributed by atoms with E-state index < -0.39 is 41.2 Å². The van der Waals surface area contributed by atoms with E-state index in [1.165, 1.54) is 0 Å². The van der Waals surface area contributed by atoms with Crippen molar-refractivity contribution in [3.63, 3.8) is 0 Å². The second-order valence-electron chi connectivity index (χ2n) is 5.93. The second-order valence-corrected chi connectivity index (χ2v) is 5.93. The molecule has 1 rings (SSSR count). The van der Waals surface area contributed by atoms with E-state index in [0.29, 0.717) is 12.1 Å². The zero-order valence-electron chi connectivity index (χ0n) is 13.0. The number of nitrogens with one attached hydrogen (secondary N) is 1. The first kappa shape index (κ1) is 18.8. The van der Waals surface area contributed by atoms with Crippen molar-refractivity contribution >= 4 is 12.1 Å². The van der Waals surface area contributed by atoms with Crippen LogP contribution in [0, 0.1) is 17.5 Å². The van der Waals surface area contributed by atoms with Crippen molar-refractivity contribution in [3.05, 3.63) is 35.1 Å². The molecule has 23 heavy (non-hydrogen) atoms. The number of amides is 1. The summed E-state index contributed by atoms with van der Waals surface area (Å²) >= 11 is 0. The van der Waals surface area contributed by atoms with Gasteiger partial charge in [0.25, 0.3) is 0 Å². The van der Waals surface area contributed by atoms with Crippen molar-refractivity contribution in [2.24, 2.45) is 0 Å². The lowest BCUT2D eigenvalue weighted by atomic mass is 10.0. The van der Waals surface area contributed by atoms with Gasteiger partial charge in [-0.15, -0.1) is 0 Å². The summed E-state index contributed by atoms with van der Waals surface area (Å²) in [5, 5.41) is 11.2. The number of hydrogen-bond acceptors (Lipinski definition) is 3. The fraction of sp³-hybridized carbons (Fsp3) is 0.467. The predicted molar refractivity (Wildman–Crippen MR) is 75.4 cm³/mol. The van der Waals surface area contributed by atoms with Crippen LogP contribution < -0.4 is 5.32 Å². The topological polar surface area (TPSA) is 75.6 Å². The van der Waals surface area contributed by atoms with Crippen LogP contribution in [0.5, 0.6) is 0 Å². The Morgan fingerprint density at radius 1 is 1.17 bits per heavy atom. The van der Waals surface area contributed by atoms with Gasteiger partial charge < -0.3 is 15.2 Å². The Balaban J connectivity index is 2.73. The van der Waals surface area contributed by atoms with Gasteiger partial charge in [-0.25, -0.2) is 22.8 Å². The highest BCUT2D eigenvalue weighted by Gasteiger charge is 2.24. The minimum absolute atomic E-state index is 0.180. The van der Waals surface area contributed by atoms with Crippen LogP contribution in [0.15, 0.2) is 12.1 Å². The summed E-state index contributed by atoms with van der Waals surface area (Å²) in [5.74, 6) is -4.88. The number of carboxylic acids is 1. The van der Waals surface area contributed by atoms with Crippen LogP contribution in [-0.4, -0.2) is 28.8 Å². The molecule has 0 heterocycles. The lowest BCUT2D eigenvalue weighted by molar-refractivity contribution is -0.139. The van der Waals surface area contributed by atoms with Crippen LogP contribution in [0.25, 0.3) is 0 Å². The SMILES string of the molecule is CC(C)(C)OC(=O)NC(CCc1cc(F)c(F)cc1F)C(=O)O. The smallest absolute Gasteiger partial charge is 0.408 e. The zero-order chi connectivity index (χ0) is 17.8. The van der Waals surface area contributed by atoms with Crippen LogP contribution in [-0.2, 0) is 16.0 Å². The molecule has 1 aromatic rings. The molecule has 1 amide bonds. The van der Waals surface area contributed by atoms with Crippen molar-refractivity contribution in [2.45, 2.75) is 45.3 Å². The van der Waals surface area contributed by atoms with Crippen LogP contribution >= 0.6 is 0 Å². The Bertz CT molecular complexity index is 599. The highest BCUT2D eigenvalue weighted by atomic mass is 19.2. The van der Waals surface area contributed by atoms with Gasteiger partial charge in [-0.3, -0.25) is 0 Å². The summed E-state index contributed by atoms with van der Waals surface area (Å²) in [7, 11) is 0. The molecule has 1 aromatic carbocycles. The minimum atomic E-state index is -1.35. The molecule has 5 nitrogen and oxygen atoms in total. The van der Waals surface area contributed by atoms with Crippen molar-refractivity contribution in [1.82, 2.24) is 5.32 Å². The van der Waals surface area contributed by atoms with Gasteiger partial charge in [0, 0.05) is 6.07 Å². The van der Waals surface area contributed by atoms with E-state index in [4.69, 9.17) is 9.84 Å². The third-order valence-electron chi connectivity index (χ3n) is 2.78. The minimum Gasteiger partial charge on any atom is -0.480 e. The van der Waals surface area contributed by atoms with Gasteiger partial charge in [-0.05, 0) is 45.2 Å². The van der Waals surface area contributed by atoms with Crippen LogP contribution in [0.4, 0.5) is 18.0 Å². The van der Waals surface area contributed by atoms with E-state index >= 15 is 0 Å². The fourth-order valence-electron chi connectivity index (χ4n) is 1.76. The molecule has 0 radical (unpaired) electrons. The highest BCUT2D eigenvalue weighted by molar-refractivity contribution is 5.80. The third kappa shape index (κ3) is 6.17. The van der Waals surface area contributed by atoms with Crippen LogP contribution in [0.3, 0.4) is 0 Å². The Morgan fingerprint density at radius 2 is 1.74 bits per heavy atom. The van der Waals surface area contributed by atoms with Gasteiger partial charge in [0.1, 0.15) is 17.5 Å². The molecule has 0 aliphatic rings. The molecule has 0 saturated heterocycles. The lowest BCUT2D eigenvalue weighted by Gasteiger charge is -2.22. The molecule has 0 aliphatic heterocycles. The zero-order valence-corrected chi connectivity index (χ0v) is 13.0. The van der Waals surface area contributed by atoms with Gasteiger partial charge in [0.15, 0.2) is 11.6 Å². The van der Waals surface area contributed by atoms with Gasteiger partial charge in [-0.2, -0.15) is 0 Å². The lowest BCUT2D eigenvalue weighted by Crippen LogP contribution is -2.43. The Kier molecular flexibility index (Phi) is 6.00. The second kappa shape index (κ2) is 7.34. The highest BCUT2D eigenvalue weighted by Crippen LogP contribution is 2.16. The summed E-state index contributed by atoms with van der Waals surface area (Å²) < 4.78 is 44.4. The number of ether oxygens (including phenoxy) is 1. The largest absolute Gasteiger partial charge is 0.480 e. The first-order valence-corrected chi connectivity index (χ1v) is 6.85. The number of aryl methyl sites for hydroxylation is 1. The van der Waals surface area contributed by atoms with Crippen molar-refractivity contribution in [2.75, 3.05) is 0 Å². The third-order valence-corrected chi connectivity index (χ3v) is 2.78. The molecular weight excluding hydrogens is 315 g/mol. The van der Waals surface area contributed by atoms with E-state index in [9.17, 15) is 22.8 Å². The van der Waals surface area contributed by atoms with E-state index in [1.54, 1.807) is 20.8 Å². The van der Waals surface area contributed by atoms with E-state index in [-0.39, 0.29) is 18.4 Å². The van der Waals surface area contributed by atoms with Crippen LogP contribution in [0.2, 0.25) is 0 Å². The predicted octanol–water partition coefficient (Wildman–Crippen LogP) is 3.01. The van der Waals surface area contributed by atoms with Gasteiger partial charge in [0.05, 0.1) is 0 Å². The molecule has 0 saturated carbocycles. The van der Waals surface area contributed by atoms with E-state index in [2.05, 4.69) is 5.32 Å². The molecule has 2 N–H and O–H groups in total. The molecule has 8 heteroatoms. The molecule has 1 unspecified atom stereocenters. The van der Waals surface area contributed by atoms with E-state index in [0.717, 1.165) is 0 Å². The molecule has 0 spiro atoms.